The summed E-state index contributed by atoms with van der Waals surface area (Å²) >= 11 is 0. The van der Waals surface area contributed by atoms with Crippen molar-refractivity contribution in [2.24, 2.45) is 0 Å². The normalized spacial score (nSPS) is 12.1. The maximum absolute atomic E-state index is 12.9. The Labute approximate surface area is 274 Å². The Bertz CT molecular complexity index is 1590. The number of rotatable bonds is 14. The number of hydrogen-bond donors (Lipinski definition) is 6. The lowest BCUT2D eigenvalue weighted by Gasteiger charge is -2.14. The molecule has 0 spiro atoms. The summed E-state index contributed by atoms with van der Waals surface area (Å²) in [6, 6.07) is 17.1. The highest BCUT2D eigenvalue weighted by Gasteiger charge is 2.18. The topological polar surface area (TPSA) is 210 Å². The zero-order chi connectivity index (χ0) is 35.0. The summed E-state index contributed by atoms with van der Waals surface area (Å²) in [4.78, 5) is 37.3. The summed E-state index contributed by atoms with van der Waals surface area (Å²) in [5.41, 5.74) is 2.05. The van der Waals surface area contributed by atoms with Gasteiger partial charge < -0.3 is 49.6 Å². The van der Waals surface area contributed by atoms with E-state index < -0.39 is 48.0 Å². The smallest absolute Gasteiger partial charge is 0.338 e. The van der Waals surface area contributed by atoms with E-state index in [0.717, 1.165) is 17.7 Å². The van der Waals surface area contributed by atoms with Crippen molar-refractivity contribution in [3.8, 4) is 34.5 Å². The number of phenols is 4. The average Bonchev–Trinajstić information content (AvgIpc) is 3.08. The third-order valence-corrected chi connectivity index (χ3v) is 7.11. The quantitative estimate of drug-likeness (QED) is 0.0649. The van der Waals surface area contributed by atoms with Crippen molar-refractivity contribution < 1.29 is 64.0 Å². The van der Waals surface area contributed by atoms with Crippen LogP contribution in [0.4, 0.5) is 0 Å². The van der Waals surface area contributed by atoms with Gasteiger partial charge in [0, 0.05) is 11.1 Å². The predicted octanol–water partition coefficient (Wildman–Crippen LogP) is 3.55. The lowest BCUT2D eigenvalue weighted by molar-refractivity contribution is 0.0127. The summed E-state index contributed by atoms with van der Waals surface area (Å²) in [7, 11) is 0. The molecule has 252 valence electrons. The third-order valence-electron chi connectivity index (χ3n) is 7.11. The highest BCUT2D eigenvalue weighted by atomic mass is 16.6. The molecule has 0 saturated carbocycles. The number of ketones is 1. The SMILES string of the molecule is Cc1cc(C(=O)OCC(O)COc2ccc(C(=O)c3ccc(OCC(O)COC(=O)c4cc(O)c(O)c(O)c4)cc3)cc2)cc(O)c1C. The summed E-state index contributed by atoms with van der Waals surface area (Å²) in [5.74, 6) is -3.42. The van der Waals surface area contributed by atoms with E-state index in [1.807, 2.05) is 0 Å². The minimum Gasteiger partial charge on any atom is -0.508 e. The van der Waals surface area contributed by atoms with E-state index in [1.165, 1.54) is 30.3 Å². The molecule has 2 atom stereocenters. The van der Waals surface area contributed by atoms with Gasteiger partial charge in [-0.05, 0) is 97.8 Å². The van der Waals surface area contributed by atoms with Gasteiger partial charge >= 0.3 is 11.9 Å². The van der Waals surface area contributed by atoms with Gasteiger partial charge in [-0.1, -0.05) is 0 Å². The first-order valence-electron chi connectivity index (χ1n) is 14.6. The van der Waals surface area contributed by atoms with Crippen LogP contribution in [0.1, 0.15) is 47.8 Å². The van der Waals surface area contributed by atoms with Gasteiger partial charge in [-0.2, -0.15) is 0 Å². The van der Waals surface area contributed by atoms with Crippen LogP contribution >= 0.6 is 0 Å². The van der Waals surface area contributed by atoms with Gasteiger partial charge in [0.2, 0.25) is 0 Å². The molecule has 4 aromatic carbocycles. The number of aliphatic hydroxyl groups is 2. The second-order valence-corrected chi connectivity index (χ2v) is 10.8. The summed E-state index contributed by atoms with van der Waals surface area (Å²) in [5, 5.41) is 58.6. The monoisotopic (exact) mass is 662 g/mol. The fraction of sp³-hybridized carbons (Fsp3) is 0.229. The molecule has 0 aromatic heterocycles. The highest BCUT2D eigenvalue weighted by molar-refractivity contribution is 6.09. The summed E-state index contributed by atoms with van der Waals surface area (Å²) in [6.45, 7) is 2.28. The minimum atomic E-state index is -1.22. The Hall–Kier alpha value is -5.79. The van der Waals surface area contributed by atoms with E-state index in [0.29, 0.717) is 28.2 Å². The molecule has 0 fully saturated rings. The number of aromatic hydroxyl groups is 4. The maximum atomic E-state index is 12.9. The molecule has 0 aliphatic heterocycles. The molecular formula is C35H34O13. The standard InChI is InChI=1S/C35H34O13/c1-19-11-23(12-29(38)20(19)2)34(43)47-17-25(36)15-45-27-7-3-21(4-8-27)32(41)22-5-9-28(10-6-22)46-16-26(37)18-48-35(44)24-13-30(39)33(42)31(40)14-24/h3-14,25-26,36-40,42H,15-18H2,1-2H3. The number of benzene rings is 4. The largest absolute Gasteiger partial charge is 0.508 e. The van der Waals surface area contributed by atoms with Crippen molar-refractivity contribution in [3.63, 3.8) is 0 Å². The van der Waals surface area contributed by atoms with Gasteiger partial charge in [0.05, 0.1) is 11.1 Å². The molecule has 0 saturated heterocycles. The number of ether oxygens (including phenoxy) is 4. The molecule has 48 heavy (non-hydrogen) atoms. The molecular weight excluding hydrogens is 628 g/mol. The van der Waals surface area contributed by atoms with Crippen LogP contribution in [0.25, 0.3) is 0 Å². The Morgan fingerprint density at radius 3 is 1.38 bits per heavy atom. The first-order chi connectivity index (χ1) is 22.8. The fourth-order valence-electron chi connectivity index (χ4n) is 4.24. The Balaban J connectivity index is 1.19. The lowest BCUT2D eigenvalue weighted by Crippen LogP contribution is -2.25. The molecule has 4 aromatic rings. The molecule has 0 aliphatic carbocycles. The van der Waals surface area contributed by atoms with Crippen molar-refractivity contribution in [1.82, 2.24) is 0 Å². The second kappa shape index (κ2) is 15.7. The van der Waals surface area contributed by atoms with Crippen LogP contribution < -0.4 is 9.47 Å². The molecule has 4 rings (SSSR count). The predicted molar refractivity (Wildman–Crippen MR) is 169 cm³/mol. The summed E-state index contributed by atoms with van der Waals surface area (Å²) < 4.78 is 21.1. The number of carbonyl (C=O) groups excluding carboxylic acids is 3. The van der Waals surface area contributed by atoms with E-state index in [1.54, 1.807) is 44.2 Å². The molecule has 0 amide bonds. The van der Waals surface area contributed by atoms with Gasteiger partial charge in [-0.3, -0.25) is 4.79 Å². The number of carbonyl (C=O) groups is 3. The lowest BCUT2D eigenvalue weighted by atomic mass is 10.0. The number of hydrogen-bond acceptors (Lipinski definition) is 13. The zero-order valence-corrected chi connectivity index (χ0v) is 26.0. The van der Waals surface area contributed by atoms with E-state index in [2.05, 4.69) is 0 Å². The number of phenolic OH excluding ortho intramolecular Hbond substituents is 4. The van der Waals surface area contributed by atoms with Crippen molar-refractivity contribution in [1.29, 1.82) is 0 Å². The molecule has 0 aliphatic rings. The Morgan fingerprint density at radius 1 is 0.562 bits per heavy atom. The van der Waals surface area contributed by atoms with Crippen molar-refractivity contribution in [2.75, 3.05) is 26.4 Å². The molecule has 0 radical (unpaired) electrons. The van der Waals surface area contributed by atoms with Crippen LogP contribution in [0.5, 0.6) is 34.5 Å². The van der Waals surface area contributed by atoms with E-state index in [4.69, 9.17) is 18.9 Å². The Kier molecular flexibility index (Phi) is 11.4. The van der Waals surface area contributed by atoms with E-state index in [-0.39, 0.29) is 42.5 Å². The third kappa shape index (κ3) is 9.15. The van der Waals surface area contributed by atoms with Crippen LogP contribution in [0.3, 0.4) is 0 Å². The maximum Gasteiger partial charge on any atom is 0.338 e. The highest BCUT2D eigenvalue weighted by Crippen LogP contribution is 2.35. The van der Waals surface area contributed by atoms with E-state index >= 15 is 0 Å². The molecule has 13 nitrogen and oxygen atoms in total. The zero-order valence-electron chi connectivity index (χ0n) is 26.0. The minimum absolute atomic E-state index is 0.0221. The second-order valence-electron chi connectivity index (χ2n) is 10.8. The molecule has 2 unspecified atom stereocenters. The Morgan fingerprint density at radius 2 is 0.958 bits per heavy atom. The fourth-order valence-corrected chi connectivity index (χ4v) is 4.24. The average molecular weight is 663 g/mol. The number of aryl methyl sites for hydroxylation is 1. The van der Waals surface area contributed by atoms with Crippen molar-refractivity contribution >= 4 is 17.7 Å². The van der Waals surface area contributed by atoms with E-state index in [9.17, 15) is 45.0 Å². The van der Waals surface area contributed by atoms with Crippen LogP contribution in [-0.4, -0.2) is 87.0 Å². The van der Waals surface area contributed by atoms with Gasteiger partial charge in [0.1, 0.15) is 55.9 Å². The van der Waals surface area contributed by atoms with Gasteiger partial charge in [0.15, 0.2) is 23.0 Å². The van der Waals surface area contributed by atoms with Crippen LogP contribution in [0.15, 0.2) is 72.8 Å². The van der Waals surface area contributed by atoms with Crippen LogP contribution in [0, 0.1) is 13.8 Å². The van der Waals surface area contributed by atoms with Crippen LogP contribution in [-0.2, 0) is 9.47 Å². The number of esters is 2. The van der Waals surface area contributed by atoms with Crippen molar-refractivity contribution in [3.05, 3.63) is 106 Å². The molecule has 13 heteroatoms. The first-order valence-corrected chi connectivity index (χ1v) is 14.6. The number of aliphatic hydroxyl groups excluding tert-OH is 2. The molecule has 0 bridgehead atoms. The van der Waals surface area contributed by atoms with Gasteiger partial charge in [-0.15, -0.1) is 0 Å². The van der Waals surface area contributed by atoms with Crippen molar-refractivity contribution in [2.45, 2.75) is 26.1 Å². The van der Waals surface area contributed by atoms with Gasteiger partial charge in [0.25, 0.3) is 0 Å². The summed E-state index contributed by atoms with van der Waals surface area (Å²) in [6.07, 6.45) is -2.34. The molecule has 0 heterocycles. The first kappa shape index (κ1) is 35.1. The van der Waals surface area contributed by atoms with Gasteiger partial charge in [-0.25, -0.2) is 9.59 Å². The molecule has 6 N–H and O–H groups in total. The van der Waals surface area contributed by atoms with Crippen LogP contribution in [0.2, 0.25) is 0 Å².